The van der Waals surface area contributed by atoms with Crippen LogP contribution in [0.2, 0.25) is 0 Å². The number of nitrogens with zero attached hydrogens (tertiary/aromatic N) is 3. The fourth-order valence-electron chi connectivity index (χ4n) is 2.08. The Labute approximate surface area is 135 Å². The number of hydrogen-bond donors (Lipinski definition) is 2. The molecular formula is C15H14F3N5O. The smallest absolute Gasteiger partial charge is 0.423 e. The van der Waals surface area contributed by atoms with Crippen LogP contribution >= 0.6 is 0 Å². The number of aromatic nitrogens is 4. The first kappa shape index (κ1) is 16.0. The largest absolute Gasteiger partial charge is 0.474 e. The first-order chi connectivity index (χ1) is 11.3. The minimum absolute atomic E-state index is 0.0116. The van der Waals surface area contributed by atoms with Crippen molar-refractivity contribution in [3.63, 3.8) is 0 Å². The molecule has 0 saturated heterocycles. The Hall–Kier alpha value is -2.84. The van der Waals surface area contributed by atoms with Crippen LogP contribution in [0.1, 0.15) is 19.4 Å². The van der Waals surface area contributed by atoms with Gasteiger partial charge in [-0.1, -0.05) is 0 Å². The Morgan fingerprint density at radius 3 is 2.71 bits per heavy atom. The van der Waals surface area contributed by atoms with Crippen LogP contribution in [-0.4, -0.2) is 26.0 Å². The van der Waals surface area contributed by atoms with E-state index < -0.39 is 23.7 Å². The summed E-state index contributed by atoms with van der Waals surface area (Å²) >= 11 is 0. The third kappa shape index (κ3) is 3.39. The number of alkyl halides is 3. The number of benzene rings is 1. The van der Waals surface area contributed by atoms with E-state index in [9.17, 15) is 13.2 Å². The molecule has 0 saturated carbocycles. The molecule has 3 rings (SSSR count). The van der Waals surface area contributed by atoms with E-state index in [0.29, 0.717) is 11.9 Å². The van der Waals surface area contributed by atoms with Gasteiger partial charge in [0.2, 0.25) is 11.8 Å². The van der Waals surface area contributed by atoms with Crippen LogP contribution in [0.3, 0.4) is 0 Å². The highest BCUT2D eigenvalue weighted by molar-refractivity contribution is 5.79. The van der Waals surface area contributed by atoms with Gasteiger partial charge in [0.25, 0.3) is 0 Å². The van der Waals surface area contributed by atoms with E-state index in [1.807, 2.05) is 0 Å². The van der Waals surface area contributed by atoms with E-state index >= 15 is 0 Å². The van der Waals surface area contributed by atoms with Gasteiger partial charge in [0.1, 0.15) is 5.56 Å². The number of rotatable bonds is 4. The van der Waals surface area contributed by atoms with Crippen LogP contribution < -0.4 is 10.1 Å². The molecular weight excluding hydrogens is 323 g/mol. The Morgan fingerprint density at radius 2 is 2.00 bits per heavy atom. The highest BCUT2D eigenvalue weighted by Gasteiger charge is 2.36. The number of imidazole rings is 1. The van der Waals surface area contributed by atoms with Crippen molar-refractivity contribution in [3.05, 3.63) is 36.3 Å². The number of nitrogens with one attached hydrogen (secondary N) is 2. The molecule has 9 heteroatoms. The van der Waals surface area contributed by atoms with E-state index in [4.69, 9.17) is 4.74 Å². The molecule has 126 valence electrons. The summed E-state index contributed by atoms with van der Waals surface area (Å²) in [5, 5.41) is 2.86. The van der Waals surface area contributed by atoms with Gasteiger partial charge in [-0.05, 0) is 32.0 Å². The summed E-state index contributed by atoms with van der Waals surface area (Å²) in [6.45, 7) is 3.25. The minimum Gasteiger partial charge on any atom is -0.474 e. The fourth-order valence-corrected chi connectivity index (χ4v) is 2.08. The van der Waals surface area contributed by atoms with Gasteiger partial charge in [-0.2, -0.15) is 18.2 Å². The summed E-state index contributed by atoms with van der Waals surface area (Å²) in [6, 6.07) is 5.25. The van der Waals surface area contributed by atoms with Crippen LogP contribution in [0.25, 0.3) is 11.0 Å². The highest BCUT2D eigenvalue weighted by atomic mass is 19.4. The molecule has 0 bridgehead atoms. The molecule has 2 heterocycles. The molecule has 0 unspecified atom stereocenters. The Morgan fingerprint density at radius 1 is 1.21 bits per heavy atom. The summed E-state index contributed by atoms with van der Waals surface area (Å²) in [6.07, 6.45) is -2.77. The van der Waals surface area contributed by atoms with E-state index in [1.165, 1.54) is 0 Å². The lowest BCUT2D eigenvalue weighted by molar-refractivity contribution is -0.139. The number of hydrogen-bond acceptors (Lipinski definition) is 5. The number of anilines is 2. The van der Waals surface area contributed by atoms with Crippen molar-refractivity contribution in [2.45, 2.75) is 26.1 Å². The number of aromatic amines is 1. The second-order valence-corrected chi connectivity index (χ2v) is 5.34. The zero-order valence-corrected chi connectivity index (χ0v) is 12.8. The Bertz CT molecular complexity index is 860. The molecule has 0 aliphatic rings. The Kier molecular flexibility index (Phi) is 4.00. The van der Waals surface area contributed by atoms with E-state index in [-0.39, 0.29) is 5.95 Å². The molecule has 0 spiro atoms. The molecule has 0 fully saturated rings. The predicted octanol–water partition coefficient (Wildman–Crippen LogP) is 3.90. The van der Waals surface area contributed by atoms with Gasteiger partial charge >= 0.3 is 6.18 Å². The summed E-state index contributed by atoms with van der Waals surface area (Å²) < 4.78 is 44.2. The Balaban J connectivity index is 1.92. The number of halogens is 3. The van der Waals surface area contributed by atoms with E-state index in [1.54, 1.807) is 38.4 Å². The molecule has 3 aromatic rings. The summed E-state index contributed by atoms with van der Waals surface area (Å²) in [4.78, 5) is 14.6. The topological polar surface area (TPSA) is 75.7 Å². The van der Waals surface area contributed by atoms with Crippen LogP contribution in [0.4, 0.5) is 24.8 Å². The zero-order valence-electron chi connectivity index (χ0n) is 12.8. The quantitative estimate of drug-likeness (QED) is 0.755. The van der Waals surface area contributed by atoms with Gasteiger partial charge in [0.05, 0.1) is 23.5 Å². The number of fused-ring (bicyclic) bond motifs is 1. The lowest BCUT2D eigenvalue weighted by Crippen LogP contribution is -2.15. The third-order valence-electron chi connectivity index (χ3n) is 3.08. The van der Waals surface area contributed by atoms with Crippen molar-refractivity contribution in [1.29, 1.82) is 0 Å². The molecule has 2 aromatic heterocycles. The second kappa shape index (κ2) is 5.99. The first-order valence-electron chi connectivity index (χ1n) is 7.14. The van der Waals surface area contributed by atoms with Gasteiger partial charge in [-0.25, -0.2) is 9.97 Å². The number of H-pyrrole nitrogens is 1. The average molecular weight is 337 g/mol. The first-order valence-corrected chi connectivity index (χ1v) is 7.14. The monoisotopic (exact) mass is 337 g/mol. The molecule has 0 amide bonds. The van der Waals surface area contributed by atoms with Crippen molar-refractivity contribution in [2.24, 2.45) is 0 Å². The van der Waals surface area contributed by atoms with E-state index in [0.717, 1.165) is 11.0 Å². The minimum atomic E-state index is -4.59. The lowest BCUT2D eigenvalue weighted by atomic mass is 10.3. The van der Waals surface area contributed by atoms with Crippen LogP contribution in [0.15, 0.2) is 30.7 Å². The average Bonchev–Trinajstić information content (AvgIpc) is 2.93. The van der Waals surface area contributed by atoms with Crippen LogP contribution in [0.5, 0.6) is 5.88 Å². The standard InChI is InChI=1S/C15H14F3N5O/c1-8(2)24-13-10(15(16,17)18)6-19-14(23-13)22-9-3-4-11-12(5-9)21-7-20-11/h3-8H,1-2H3,(H,20,21)(H,19,22,23). The third-order valence-corrected chi connectivity index (χ3v) is 3.08. The SMILES string of the molecule is CC(C)Oc1nc(Nc2ccc3nc[nH]c3c2)ncc1C(F)(F)F. The molecule has 0 aliphatic heterocycles. The predicted molar refractivity (Wildman–Crippen MR) is 82.2 cm³/mol. The molecule has 6 nitrogen and oxygen atoms in total. The highest BCUT2D eigenvalue weighted by Crippen LogP contribution is 2.35. The van der Waals surface area contributed by atoms with Gasteiger partial charge in [0, 0.05) is 11.9 Å². The van der Waals surface area contributed by atoms with Crippen LogP contribution in [0, 0.1) is 0 Å². The molecule has 1 aromatic carbocycles. The van der Waals surface area contributed by atoms with Crippen molar-refractivity contribution < 1.29 is 17.9 Å². The molecule has 24 heavy (non-hydrogen) atoms. The normalized spacial score (nSPS) is 11.9. The lowest BCUT2D eigenvalue weighted by Gasteiger charge is -2.15. The molecule has 0 atom stereocenters. The summed E-state index contributed by atoms with van der Waals surface area (Å²) in [5.41, 5.74) is 1.16. The van der Waals surface area contributed by atoms with Gasteiger partial charge in [-0.3, -0.25) is 0 Å². The maximum absolute atomic E-state index is 13.0. The zero-order chi connectivity index (χ0) is 17.3. The maximum atomic E-state index is 13.0. The van der Waals surface area contributed by atoms with E-state index in [2.05, 4.69) is 25.3 Å². The summed E-state index contributed by atoms with van der Waals surface area (Å²) in [5.74, 6) is -0.491. The summed E-state index contributed by atoms with van der Waals surface area (Å²) in [7, 11) is 0. The van der Waals surface area contributed by atoms with Crippen molar-refractivity contribution in [2.75, 3.05) is 5.32 Å². The second-order valence-electron chi connectivity index (χ2n) is 5.34. The van der Waals surface area contributed by atoms with Crippen molar-refractivity contribution >= 4 is 22.7 Å². The van der Waals surface area contributed by atoms with Crippen LogP contribution in [-0.2, 0) is 6.18 Å². The molecule has 0 aliphatic carbocycles. The van der Waals surface area contributed by atoms with Crippen molar-refractivity contribution in [1.82, 2.24) is 19.9 Å². The number of ether oxygens (including phenoxy) is 1. The van der Waals surface area contributed by atoms with Crippen molar-refractivity contribution in [3.8, 4) is 5.88 Å². The molecule has 2 N–H and O–H groups in total. The fraction of sp³-hybridized carbons (Fsp3) is 0.267. The van der Waals surface area contributed by atoms with Gasteiger partial charge in [-0.15, -0.1) is 0 Å². The van der Waals surface area contributed by atoms with Gasteiger partial charge in [0.15, 0.2) is 0 Å². The maximum Gasteiger partial charge on any atom is 0.423 e. The molecule has 0 radical (unpaired) electrons. The van der Waals surface area contributed by atoms with Gasteiger partial charge < -0.3 is 15.0 Å².